The number of anilines is 6. The topological polar surface area (TPSA) is 121 Å². The maximum Gasteiger partial charge on any atom is 0.261 e. The molecule has 0 bridgehead atoms. The number of piperazine rings is 1. The average molecular weight is 622 g/mol. The first-order valence-electron chi connectivity index (χ1n) is 15.0. The summed E-state index contributed by atoms with van der Waals surface area (Å²) < 4.78 is 10.8. The largest absolute Gasteiger partial charge is 0.493 e. The monoisotopic (exact) mass is 621 g/mol. The predicted molar refractivity (Wildman–Crippen MR) is 182 cm³/mol. The minimum absolute atomic E-state index is 0.124. The Balaban J connectivity index is 1.44. The van der Waals surface area contributed by atoms with E-state index in [9.17, 15) is 9.59 Å². The molecule has 0 atom stereocenters. The number of hydrogen-bond acceptors (Lipinski definition) is 10. The molecular formula is C35H39N7O4. The van der Waals surface area contributed by atoms with Gasteiger partial charge in [-0.1, -0.05) is 24.8 Å². The molecule has 0 radical (unpaired) electrons. The number of benzene rings is 3. The van der Waals surface area contributed by atoms with Gasteiger partial charge in [-0.2, -0.15) is 4.98 Å². The van der Waals surface area contributed by atoms with Crippen LogP contribution in [-0.4, -0.2) is 74.0 Å². The van der Waals surface area contributed by atoms with Gasteiger partial charge < -0.3 is 35.2 Å². The van der Waals surface area contributed by atoms with Crippen LogP contribution < -0.4 is 30.3 Å². The molecule has 0 unspecified atom stereocenters. The number of aromatic nitrogens is 2. The van der Waals surface area contributed by atoms with Crippen LogP contribution in [0.1, 0.15) is 21.5 Å². The van der Waals surface area contributed by atoms with Crippen molar-refractivity contribution in [2.45, 2.75) is 13.3 Å². The van der Waals surface area contributed by atoms with Gasteiger partial charge in [0.25, 0.3) is 5.91 Å². The van der Waals surface area contributed by atoms with Crippen molar-refractivity contribution in [3.63, 3.8) is 0 Å². The lowest BCUT2D eigenvalue weighted by molar-refractivity contribution is -0.114. The highest BCUT2D eigenvalue weighted by atomic mass is 16.5. The number of likely N-dealkylation sites (N-methyl/N-ethyl adjacent to an activating group) is 1. The lowest BCUT2D eigenvalue weighted by Gasteiger charge is -2.34. The predicted octanol–water partition coefficient (Wildman–Crippen LogP) is 5.59. The van der Waals surface area contributed by atoms with Crippen LogP contribution in [0.25, 0.3) is 0 Å². The van der Waals surface area contributed by atoms with E-state index >= 15 is 0 Å². The van der Waals surface area contributed by atoms with E-state index in [1.807, 2.05) is 43.3 Å². The number of carbonyl (C=O) groups excluding carboxylic acids is 2. The summed E-state index contributed by atoms with van der Waals surface area (Å²) in [6, 6.07) is 19.0. The second-order valence-electron chi connectivity index (χ2n) is 11.0. The van der Waals surface area contributed by atoms with Crippen molar-refractivity contribution in [3.8, 4) is 11.5 Å². The number of ketones is 1. The zero-order valence-corrected chi connectivity index (χ0v) is 26.6. The van der Waals surface area contributed by atoms with Crippen LogP contribution in [0.2, 0.25) is 0 Å². The zero-order chi connectivity index (χ0) is 32.6. The number of hydrogen-bond donors (Lipinski definition) is 3. The van der Waals surface area contributed by atoms with Gasteiger partial charge in [0.1, 0.15) is 11.4 Å². The Morgan fingerprint density at radius 2 is 1.63 bits per heavy atom. The summed E-state index contributed by atoms with van der Waals surface area (Å²) in [4.78, 5) is 39.8. The highest BCUT2D eigenvalue weighted by Gasteiger charge is 2.20. The minimum atomic E-state index is -0.430. The maximum atomic E-state index is 13.7. The summed E-state index contributed by atoms with van der Waals surface area (Å²) in [7, 11) is 5.23. The molecule has 238 valence electrons. The molecule has 1 aromatic heterocycles. The molecule has 1 aliphatic rings. The molecule has 46 heavy (non-hydrogen) atoms. The van der Waals surface area contributed by atoms with Crippen LogP contribution in [0.3, 0.4) is 0 Å². The van der Waals surface area contributed by atoms with Gasteiger partial charge >= 0.3 is 0 Å². The molecule has 1 aliphatic heterocycles. The van der Waals surface area contributed by atoms with Crippen molar-refractivity contribution in [1.29, 1.82) is 0 Å². The first-order valence-corrected chi connectivity index (χ1v) is 15.0. The quantitative estimate of drug-likeness (QED) is 0.173. The lowest BCUT2D eigenvalue weighted by Crippen LogP contribution is -2.44. The summed E-state index contributed by atoms with van der Waals surface area (Å²) in [5, 5.41) is 9.49. The molecule has 3 aromatic carbocycles. The van der Waals surface area contributed by atoms with Gasteiger partial charge in [-0.25, -0.2) is 4.98 Å². The molecule has 1 amide bonds. The van der Waals surface area contributed by atoms with Gasteiger partial charge in [0.15, 0.2) is 17.3 Å². The van der Waals surface area contributed by atoms with Crippen molar-refractivity contribution in [1.82, 2.24) is 14.9 Å². The van der Waals surface area contributed by atoms with Crippen LogP contribution in [0, 0.1) is 6.92 Å². The lowest BCUT2D eigenvalue weighted by atomic mass is 10.1. The van der Waals surface area contributed by atoms with Crippen LogP contribution in [-0.2, 0) is 11.2 Å². The molecular weight excluding hydrogens is 582 g/mol. The third kappa shape index (κ3) is 7.62. The van der Waals surface area contributed by atoms with E-state index in [0.29, 0.717) is 28.8 Å². The molecule has 1 saturated heterocycles. The van der Waals surface area contributed by atoms with Gasteiger partial charge in [0, 0.05) is 67.6 Å². The average Bonchev–Trinajstić information content (AvgIpc) is 3.07. The molecule has 2 heterocycles. The molecule has 0 aliphatic carbocycles. The summed E-state index contributed by atoms with van der Waals surface area (Å²) >= 11 is 0. The number of para-hydroxylation sites is 1. The van der Waals surface area contributed by atoms with E-state index in [2.05, 4.69) is 56.5 Å². The van der Waals surface area contributed by atoms with E-state index in [1.54, 1.807) is 19.2 Å². The van der Waals surface area contributed by atoms with Gasteiger partial charge in [-0.15, -0.1) is 0 Å². The number of amides is 1. The highest BCUT2D eigenvalue weighted by Crippen LogP contribution is 2.34. The SMILES string of the molecule is C=CC(=O)Cc1ccccc1Nc1nc(Nc2ccc(N3CCN(C)CC3)cc2)ncc1C(=O)Nc1cc(OC)c(OC)cc1C. The van der Waals surface area contributed by atoms with E-state index in [-0.39, 0.29) is 23.6 Å². The van der Waals surface area contributed by atoms with Gasteiger partial charge in [0.2, 0.25) is 5.95 Å². The molecule has 11 heteroatoms. The van der Waals surface area contributed by atoms with Gasteiger partial charge in [0.05, 0.1) is 14.2 Å². The van der Waals surface area contributed by atoms with Crippen LogP contribution >= 0.6 is 0 Å². The summed E-state index contributed by atoms with van der Waals surface area (Å²) in [6.45, 7) is 9.47. The molecule has 1 fully saturated rings. The number of aryl methyl sites for hydroxylation is 1. The van der Waals surface area contributed by atoms with Crippen LogP contribution in [0.4, 0.5) is 34.5 Å². The molecule has 3 N–H and O–H groups in total. The number of nitrogens with one attached hydrogen (secondary N) is 3. The first-order chi connectivity index (χ1) is 22.3. The Hall–Kier alpha value is -5.42. The second kappa shape index (κ2) is 14.6. The molecule has 0 saturated carbocycles. The van der Waals surface area contributed by atoms with E-state index < -0.39 is 5.91 Å². The molecule has 11 nitrogen and oxygen atoms in total. The van der Waals surface area contributed by atoms with Crippen molar-refractivity contribution in [2.75, 3.05) is 68.3 Å². The fraction of sp³-hybridized carbons (Fsp3) is 0.257. The highest BCUT2D eigenvalue weighted by molar-refractivity contribution is 6.08. The number of allylic oxidation sites excluding steroid dienone is 1. The fourth-order valence-electron chi connectivity index (χ4n) is 5.14. The smallest absolute Gasteiger partial charge is 0.261 e. The van der Waals surface area contributed by atoms with Crippen molar-refractivity contribution < 1.29 is 19.1 Å². The Bertz CT molecular complexity index is 1720. The van der Waals surface area contributed by atoms with Gasteiger partial charge in [-0.05, 0) is 67.6 Å². The number of rotatable bonds is 12. The summed E-state index contributed by atoms with van der Waals surface area (Å²) in [6.07, 6.45) is 2.91. The number of methoxy groups -OCH3 is 2. The number of carbonyl (C=O) groups is 2. The summed E-state index contributed by atoms with van der Waals surface area (Å²) in [5.74, 6) is 1.05. The number of nitrogens with zero attached hydrogens (tertiary/aromatic N) is 4. The normalized spacial score (nSPS) is 13.1. The molecule has 0 spiro atoms. The van der Waals surface area contributed by atoms with Crippen molar-refractivity contribution in [2.24, 2.45) is 0 Å². The minimum Gasteiger partial charge on any atom is -0.493 e. The van der Waals surface area contributed by atoms with Crippen molar-refractivity contribution >= 4 is 46.2 Å². The number of ether oxygens (including phenoxy) is 2. The Morgan fingerprint density at radius 1 is 0.935 bits per heavy atom. The Labute approximate surface area is 269 Å². The third-order valence-electron chi connectivity index (χ3n) is 7.87. The molecule has 4 aromatic rings. The molecule has 5 rings (SSSR count). The van der Waals surface area contributed by atoms with E-state index in [0.717, 1.165) is 48.7 Å². The van der Waals surface area contributed by atoms with E-state index in [1.165, 1.54) is 19.4 Å². The van der Waals surface area contributed by atoms with Crippen molar-refractivity contribution in [3.05, 3.63) is 96.2 Å². The Kier molecular flexibility index (Phi) is 10.1. The second-order valence-corrected chi connectivity index (χ2v) is 11.0. The van der Waals surface area contributed by atoms with E-state index in [4.69, 9.17) is 14.5 Å². The van der Waals surface area contributed by atoms with Crippen LogP contribution in [0.5, 0.6) is 11.5 Å². The standard InChI is InChI=1S/C35H39N7O4/c1-6-27(43)20-24-9-7-8-10-29(24)38-33-28(34(44)39-30-21-32(46-5)31(45-4)19-23(30)2)22-36-35(40-33)37-25-11-13-26(14-12-25)42-17-15-41(3)16-18-42/h6-14,19,21-22H,1,15-18,20H2,2-5H3,(H,39,44)(H2,36,37,38,40). The fourth-order valence-corrected chi connectivity index (χ4v) is 5.14. The summed E-state index contributed by atoms with van der Waals surface area (Å²) in [5.41, 5.74) is 4.87. The van der Waals surface area contributed by atoms with Crippen LogP contribution in [0.15, 0.2) is 79.5 Å². The van der Waals surface area contributed by atoms with Gasteiger partial charge in [-0.3, -0.25) is 9.59 Å². The maximum absolute atomic E-state index is 13.7. The first kappa shape index (κ1) is 32.0. The Morgan fingerprint density at radius 3 is 2.33 bits per heavy atom. The third-order valence-corrected chi connectivity index (χ3v) is 7.87. The zero-order valence-electron chi connectivity index (χ0n) is 26.6.